The second kappa shape index (κ2) is 10.1. The average Bonchev–Trinajstić information content (AvgIpc) is 2.77. The number of cyclic esters (lactones) is 1. The molecule has 1 aromatic carbocycles. The highest BCUT2D eigenvalue weighted by atomic mass is 16.5. The van der Waals surface area contributed by atoms with E-state index in [0.717, 1.165) is 12.8 Å². The lowest BCUT2D eigenvalue weighted by Crippen LogP contribution is -2.46. The molecule has 0 radical (unpaired) electrons. The highest BCUT2D eigenvalue weighted by Crippen LogP contribution is 2.62. The predicted molar refractivity (Wildman–Crippen MR) is 127 cm³/mol. The fraction of sp³-hybridized carbons (Fsp3) is 0.750. The lowest BCUT2D eigenvalue weighted by molar-refractivity contribution is -0.161. The number of rotatable bonds is 8. The van der Waals surface area contributed by atoms with Gasteiger partial charge in [-0.3, -0.25) is 4.79 Å². The molecule has 2 aliphatic rings. The molecule has 1 heterocycles. The Morgan fingerprint density at radius 1 is 1.00 bits per heavy atom. The Morgan fingerprint density at radius 3 is 2.19 bits per heavy atom. The molecule has 1 aliphatic carbocycles. The molecule has 1 N–H and O–H groups in total. The minimum atomic E-state index is -0.541. The molecule has 4 atom stereocenters. The van der Waals surface area contributed by atoms with E-state index >= 15 is 0 Å². The van der Waals surface area contributed by atoms with Crippen LogP contribution in [0.1, 0.15) is 109 Å². The zero-order chi connectivity index (χ0) is 22.6. The van der Waals surface area contributed by atoms with Gasteiger partial charge >= 0.3 is 5.97 Å². The zero-order valence-electron chi connectivity index (χ0n) is 20.5. The van der Waals surface area contributed by atoms with Gasteiger partial charge in [0.15, 0.2) is 0 Å². The van der Waals surface area contributed by atoms with E-state index in [4.69, 9.17) is 4.74 Å². The summed E-state index contributed by atoms with van der Waals surface area (Å²) in [6.07, 6.45) is 9.43. The number of carbonyl (C=O) groups excluding carboxylic acids is 1. The van der Waals surface area contributed by atoms with Crippen LogP contribution in [-0.2, 0) is 9.53 Å². The second-order valence-corrected chi connectivity index (χ2v) is 10.6. The van der Waals surface area contributed by atoms with Gasteiger partial charge in [0.25, 0.3) is 0 Å². The summed E-state index contributed by atoms with van der Waals surface area (Å²) in [4.78, 5) is 11.9. The normalized spacial score (nSPS) is 30.1. The van der Waals surface area contributed by atoms with Gasteiger partial charge < -0.3 is 9.84 Å². The van der Waals surface area contributed by atoms with Crippen molar-refractivity contribution in [2.24, 2.45) is 16.7 Å². The van der Waals surface area contributed by atoms with Crippen molar-refractivity contribution in [3.63, 3.8) is 0 Å². The summed E-state index contributed by atoms with van der Waals surface area (Å²) in [5, 5.41) is 10.1. The number of aryl methyl sites for hydroxylation is 1. The first-order valence-corrected chi connectivity index (χ1v) is 12.7. The molecule has 0 amide bonds. The molecule has 0 unspecified atom stereocenters. The smallest absolute Gasteiger partial charge is 0.308 e. The van der Waals surface area contributed by atoms with Gasteiger partial charge in [-0.15, -0.1) is 0 Å². The van der Waals surface area contributed by atoms with Gasteiger partial charge in [-0.2, -0.15) is 0 Å². The van der Waals surface area contributed by atoms with Gasteiger partial charge in [-0.25, -0.2) is 0 Å². The van der Waals surface area contributed by atoms with Crippen LogP contribution in [0.15, 0.2) is 24.3 Å². The van der Waals surface area contributed by atoms with Crippen LogP contribution in [0.25, 0.3) is 0 Å². The largest absolute Gasteiger partial charge is 0.462 e. The van der Waals surface area contributed by atoms with Crippen molar-refractivity contribution < 1.29 is 14.6 Å². The van der Waals surface area contributed by atoms with Gasteiger partial charge in [-0.05, 0) is 60.8 Å². The maximum atomic E-state index is 11.9. The topological polar surface area (TPSA) is 46.5 Å². The molecule has 0 bridgehead atoms. The highest BCUT2D eigenvalue weighted by Gasteiger charge is 2.51. The van der Waals surface area contributed by atoms with E-state index in [1.807, 2.05) is 0 Å². The molecule has 3 heteroatoms. The molecule has 0 spiro atoms. The minimum Gasteiger partial charge on any atom is -0.462 e. The van der Waals surface area contributed by atoms with E-state index in [2.05, 4.69) is 58.9 Å². The number of benzene rings is 1. The van der Waals surface area contributed by atoms with Crippen molar-refractivity contribution >= 4 is 5.97 Å². The van der Waals surface area contributed by atoms with Crippen LogP contribution < -0.4 is 0 Å². The third-order valence-corrected chi connectivity index (χ3v) is 9.10. The molecule has 31 heavy (non-hydrogen) atoms. The summed E-state index contributed by atoms with van der Waals surface area (Å²) in [6.45, 7) is 11.7. The molecule has 0 aromatic heterocycles. The van der Waals surface area contributed by atoms with Gasteiger partial charge in [0, 0.05) is 6.42 Å². The molecular formula is C28H44O3. The van der Waals surface area contributed by atoms with Crippen molar-refractivity contribution in [1.82, 2.24) is 0 Å². The van der Waals surface area contributed by atoms with Crippen molar-refractivity contribution in [3.8, 4) is 0 Å². The average molecular weight is 429 g/mol. The summed E-state index contributed by atoms with van der Waals surface area (Å²) < 4.78 is 5.62. The summed E-state index contributed by atoms with van der Waals surface area (Å²) in [5.41, 5.74) is 3.52. The number of hydrogen-bond donors (Lipinski definition) is 1. The SMILES string of the molecule is CCC1(CC)C[C@H](c2ccc(C)cc2)[C@@H](CC[C@@H]2C[C@@H](O)CC(=O)O2)C(CC)(CC)C1. The Kier molecular flexibility index (Phi) is 7.89. The zero-order valence-corrected chi connectivity index (χ0v) is 20.5. The fourth-order valence-electron chi connectivity index (χ4n) is 6.87. The molecule has 1 saturated carbocycles. The van der Waals surface area contributed by atoms with Crippen LogP contribution in [0, 0.1) is 23.7 Å². The number of ether oxygens (including phenoxy) is 1. The van der Waals surface area contributed by atoms with Crippen molar-refractivity contribution in [3.05, 3.63) is 35.4 Å². The van der Waals surface area contributed by atoms with Crippen LogP contribution in [0.3, 0.4) is 0 Å². The van der Waals surface area contributed by atoms with E-state index in [9.17, 15) is 9.90 Å². The van der Waals surface area contributed by atoms with Crippen molar-refractivity contribution in [1.29, 1.82) is 0 Å². The van der Waals surface area contributed by atoms with Crippen LogP contribution in [-0.4, -0.2) is 23.3 Å². The van der Waals surface area contributed by atoms with E-state index in [1.165, 1.54) is 49.7 Å². The van der Waals surface area contributed by atoms with E-state index < -0.39 is 6.10 Å². The third-order valence-electron chi connectivity index (χ3n) is 9.10. The summed E-state index contributed by atoms with van der Waals surface area (Å²) in [5.74, 6) is 0.878. The molecule has 2 fully saturated rings. The highest BCUT2D eigenvalue weighted by molar-refractivity contribution is 5.70. The Morgan fingerprint density at radius 2 is 1.65 bits per heavy atom. The lowest BCUT2D eigenvalue weighted by Gasteiger charge is -2.56. The molecular weight excluding hydrogens is 384 g/mol. The van der Waals surface area contributed by atoms with E-state index in [-0.39, 0.29) is 18.5 Å². The van der Waals surface area contributed by atoms with E-state index in [1.54, 1.807) is 0 Å². The molecule has 1 aliphatic heterocycles. The lowest BCUT2D eigenvalue weighted by atomic mass is 9.48. The molecule has 3 nitrogen and oxygen atoms in total. The number of aliphatic hydroxyl groups is 1. The number of hydrogen-bond acceptors (Lipinski definition) is 3. The number of esters is 1. The first-order chi connectivity index (χ1) is 14.8. The van der Waals surface area contributed by atoms with Gasteiger partial charge in [0.05, 0.1) is 12.5 Å². The molecule has 1 saturated heterocycles. The summed E-state index contributed by atoms with van der Waals surface area (Å²) in [6, 6.07) is 9.24. The number of aliphatic hydroxyl groups excluding tert-OH is 1. The van der Waals surface area contributed by atoms with Crippen molar-refractivity contribution in [2.45, 2.75) is 117 Å². The quantitative estimate of drug-likeness (QED) is 0.456. The predicted octanol–water partition coefficient (Wildman–Crippen LogP) is 6.95. The van der Waals surface area contributed by atoms with Crippen LogP contribution >= 0.6 is 0 Å². The minimum absolute atomic E-state index is 0.134. The summed E-state index contributed by atoms with van der Waals surface area (Å²) in [7, 11) is 0. The van der Waals surface area contributed by atoms with Crippen LogP contribution in [0.5, 0.6) is 0 Å². The Bertz CT molecular complexity index is 714. The molecule has 174 valence electrons. The Labute approximate surface area is 190 Å². The number of carbonyl (C=O) groups is 1. The maximum Gasteiger partial charge on any atom is 0.308 e. The fourth-order valence-corrected chi connectivity index (χ4v) is 6.87. The van der Waals surface area contributed by atoms with Crippen LogP contribution in [0.4, 0.5) is 0 Å². The van der Waals surface area contributed by atoms with Crippen LogP contribution in [0.2, 0.25) is 0 Å². The Hall–Kier alpha value is -1.35. The first kappa shape index (κ1) is 24.3. The Balaban J connectivity index is 1.93. The first-order valence-electron chi connectivity index (χ1n) is 12.7. The summed E-state index contributed by atoms with van der Waals surface area (Å²) >= 11 is 0. The maximum absolute atomic E-state index is 11.9. The molecule has 1 aromatic rings. The monoisotopic (exact) mass is 428 g/mol. The van der Waals surface area contributed by atoms with Gasteiger partial charge in [-0.1, -0.05) is 83.2 Å². The van der Waals surface area contributed by atoms with Gasteiger partial charge in [0.2, 0.25) is 0 Å². The third kappa shape index (κ3) is 5.18. The second-order valence-electron chi connectivity index (χ2n) is 10.6. The standard InChI is InChI=1S/C28H44O3/c1-6-27(7-2)18-24(21-12-10-20(5)11-13-21)25(28(8-3,9-4)19-27)15-14-23-16-22(29)17-26(30)31-23/h10-13,22-25,29H,6-9,14-19H2,1-5H3/t22-,23-,24-,25-/m1/s1. The van der Waals surface area contributed by atoms with Gasteiger partial charge in [0.1, 0.15) is 6.10 Å². The molecule has 3 rings (SSSR count). The van der Waals surface area contributed by atoms with E-state index in [0.29, 0.717) is 29.1 Å². The van der Waals surface area contributed by atoms with Crippen molar-refractivity contribution in [2.75, 3.05) is 0 Å².